The van der Waals surface area contributed by atoms with E-state index in [4.69, 9.17) is 4.74 Å². The Balaban J connectivity index is 1.39. The number of fused-ring (bicyclic) bond motifs is 2. The Kier molecular flexibility index (Phi) is 9.96. The molecule has 6 atom stereocenters. The first kappa shape index (κ1) is 33.1. The number of aliphatic hydroxyl groups is 1. The molecule has 0 aliphatic carbocycles. The zero-order valence-corrected chi connectivity index (χ0v) is 28.1. The van der Waals surface area contributed by atoms with Gasteiger partial charge in [0.1, 0.15) is 11.6 Å². The highest BCUT2D eigenvalue weighted by atomic mass is 79.9. The number of carbonyl (C=O) groups excluding carboxylic acids is 3. The van der Waals surface area contributed by atoms with E-state index in [0.717, 1.165) is 16.3 Å². The van der Waals surface area contributed by atoms with Crippen molar-refractivity contribution >= 4 is 50.1 Å². The minimum absolute atomic E-state index is 0.0606. The molecule has 1 N–H and O–H groups in total. The fourth-order valence-electron chi connectivity index (χ4n) is 7.85. The number of unbranched alkanes of at least 4 members (excludes halogenated alkanes) is 2. The number of aliphatic hydroxyl groups excluding tert-OH is 1. The second-order valence-corrected chi connectivity index (χ2v) is 13.9. The van der Waals surface area contributed by atoms with Gasteiger partial charge in [0, 0.05) is 43.3 Å². The fourth-order valence-corrected chi connectivity index (χ4v) is 8.79. The average Bonchev–Trinajstić information content (AvgIpc) is 3.68. The summed E-state index contributed by atoms with van der Waals surface area (Å²) in [5.41, 5.74) is 0.507. The molecule has 3 amide bonds. The van der Waals surface area contributed by atoms with Crippen molar-refractivity contribution in [2.24, 2.45) is 11.8 Å². The summed E-state index contributed by atoms with van der Waals surface area (Å²) in [6.45, 7) is 9.15. The van der Waals surface area contributed by atoms with Crippen molar-refractivity contribution in [1.29, 1.82) is 0 Å². The molecular formula is C38H42BrN3O5. The van der Waals surface area contributed by atoms with Gasteiger partial charge in [-0.3, -0.25) is 14.4 Å². The molecular weight excluding hydrogens is 658 g/mol. The lowest BCUT2D eigenvalue weighted by Gasteiger charge is -2.37. The fraction of sp³-hybridized carbons (Fsp3) is 0.395. The van der Waals surface area contributed by atoms with Crippen LogP contribution >= 0.6 is 15.9 Å². The van der Waals surface area contributed by atoms with E-state index in [-0.39, 0.29) is 35.7 Å². The van der Waals surface area contributed by atoms with E-state index in [2.05, 4.69) is 29.1 Å². The van der Waals surface area contributed by atoms with E-state index < -0.39 is 29.6 Å². The molecule has 0 aromatic heterocycles. The highest BCUT2D eigenvalue weighted by Gasteiger charge is 2.76. The van der Waals surface area contributed by atoms with Crippen LogP contribution in [0.4, 0.5) is 5.69 Å². The number of halogens is 1. The van der Waals surface area contributed by atoms with E-state index in [1.54, 1.807) is 26.9 Å². The summed E-state index contributed by atoms with van der Waals surface area (Å²) in [5.74, 6) is -2.20. The minimum atomic E-state index is -1.17. The first-order valence-electron chi connectivity index (χ1n) is 16.4. The van der Waals surface area contributed by atoms with Crippen molar-refractivity contribution in [2.45, 2.75) is 54.8 Å². The molecule has 0 saturated carbocycles. The smallest absolute Gasteiger partial charge is 0.253 e. The lowest BCUT2D eigenvalue weighted by atomic mass is 9.70. The van der Waals surface area contributed by atoms with Gasteiger partial charge in [-0.05, 0) is 54.2 Å². The Morgan fingerprint density at radius 2 is 1.68 bits per heavy atom. The number of rotatable bonds is 14. The van der Waals surface area contributed by atoms with E-state index in [1.165, 1.54) is 0 Å². The molecule has 9 heteroatoms. The zero-order valence-electron chi connectivity index (χ0n) is 26.5. The first-order chi connectivity index (χ1) is 22.8. The molecule has 3 unspecified atom stereocenters. The molecule has 2 bridgehead atoms. The van der Waals surface area contributed by atoms with Crippen LogP contribution in [0.25, 0.3) is 10.8 Å². The van der Waals surface area contributed by atoms with Gasteiger partial charge in [-0.1, -0.05) is 88.7 Å². The third-order valence-corrected chi connectivity index (χ3v) is 10.7. The normalized spacial score (nSPS) is 26.0. The number of carbonyl (C=O) groups is 3. The summed E-state index contributed by atoms with van der Waals surface area (Å²) in [5, 5.41) is 11.5. The van der Waals surface area contributed by atoms with Gasteiger partial charge in [0.25, 0.3) is 5.91 Å². The summed E-state index contributed by atoms with van der Waals surface area (Å²) in [4.78, 5) is 48.9. The summed E-state index contributed by atoms with van der Waals surface area (Å²) in [7, 11) is 0. The van der Waals surface area contributed by atoms with Crippen molar-refractivity contribution < 1.29 is 24.2 Å². The predicted molar refractivity (Wildman–Crippen MR) is 187 cm³/mol. The number of likely N-dealkylation sites (tertiary alicyclic amines) is 1. The van der Waals surface area contributed by atoms with E-state index in [9.17, 15) is 19.5 Å². The lowest BCUT2D eigenvalue weighted by Crippen LogP contribution is -2.57. The maximum absolute atomic E-state index is 14.9. The van der Waals surface area contributed by atoms with Gasteiger partial charge in [0.05, 0.1) is 17.9 Å². The molecule has 3 saturated heterocycles. The van der Waals surface area contributed by atoms with Gasteiger partial charge in [-0.2, -0.15) is 0 Å². The molecule has 246 valence electrons. The number of amides is 3. The van der Waals surface area contributed by atoms with E-state index in [1.807, 2.05) is 72.8 Å². The van der Waals surface area contributed by atoms with Crippen LogP contribution in [0.15, 0.2) is 98.1 Å². The molecule has 3 aromatic rings. The number of ether oxygens (including phenoxy) is 1. The Hall–Kier alpha value is -3.79. The maximum Gasteiger partial charge on any atom is 0.253 e. The van der Waals surface area contributed by atoms with E-state index >= 15 is 0 Å². The highest BCUT2D eigenvalue weighted by Crippen LogP contribution is 2.60. The largest absolute Gasteiger partial charge is 0.396 e. The van der Waals surface area contributed by atoms with Crippen molar-refractivity contribution in [3.05, 3.63) is 104 Å². The molecule has 3 fully saturated rings. The van der Waals surface area contributed by atoms with Gasteiger partial charge >= 0.3 is 0 Å². The monoisotopic (exact) mass is 699 g/mol. The number of nitrogens with zero attached hydrogens (tertiary/aromatic N) is 3. The molecule has 3 heterocycles. The number of hydrogen-bond acceptors (Lipinski definition) is 5. The summed E-state index contributed by atoms with van der Waals surface area (Å²) in [6.07, 6.45) is 5.19. The average molecular weight is 701 g/mol. The molecule has 6 rings (SSSR count). The van der Waals surface area contributed by atoms with Crippen molar-refractivity contribution in [2.75, 3.05) is 31.1 Å². The number of anilines is 1. The maximum atomic E-state index is 14.9. The third-order valence-electron chi connectivity index (χ3n) is 9.87. The van der Waals surface area contributed by atoms with Crippen molar-refractivity contribution in [3.8, 4) is 0 Å². The number of benzene rings is 3. The standard InChI is InChI=1S/C38H42BrN3O5/c1-3-19-40(25-26-13-7-5-8-14-26)35(44)31-32-36(45)42(21-11-6-12-22-43)34(38(32)24-30(39)33(31)47-38)37(46)41(20-4-2)29-18-17-27-15-9-10-16-28(27)23-29/h3-5,7-10,13-18,23,30-34,43H,1-2,6,11-12,19-22,24-25H2/t30?,31-,32+,33-,34?,38?/m1/s1. The predicted octanol–water partition coefficient (Wildman–Crippen LogP) is 5.48. The molecule has 0 radical (unpaired) electrons. The van der Waals surface area contributed by atoms with Gasteiger partial charge < -0.3 is 24.5 Å². The quantitative estimate of drug-likeness (QED) is 0.137. The van der Waals surface area contributed by atoms with Gasteiger partial charge in [0.2, 0.25) is 11.8 Å². The van der Waals surface area contributed by atoms with Crippen LogP contribution in [0, 0.1) is 11.8 Å². The topological polar surface area (TPSA) is 90.4 Å². The summed E-state index contributed by atoms with van der Waals surface area (Å²) >= 11 is 3.81. The molecule has 1 spiro atoms. The zero-order chi connectivity index (χ0) is 33.1. The second kappa shape index (κ2) is 14.1. The Labute approximate surface area is 284 Å². The van der Waals surface area contributed by atoms with Crippen LogP contribution in [0.2, 0.25) is 0 Å². The van der Waals surface area contributed by atoms with Crippen LogP contribution < -0.4 is 4.90 Å². The van der Waals surface area contributed by atoms with E-state index in [0.29, 0.717) is 51.0 Å². The second-order valence-electron chi connectivity index (χ2n) is 12.7. The van der Waals surface area contributed by atoms with Crippen molar-refractivity contribution in [3.63, 3.8) is 0 Å². The number of hydrogen-bond donors (Lipinski definition) is 1. The Morgan fingerprint density at radius 3 is 2.40 bits per heavy atom. The van der Waals surface area contributed by atoms with Gasteiger partial charge in [0.15, 0.2) is 0 Å². The first-order valence-corrected chi connectivity index (χ1v) is 17.3. The molecule has 8 nitrogen and oxygen atoms in total. The summed E-state index contributed by atoms with van der Waals surface area (Å²) in [6, 6.07) is 22.7. The van der Waals surface area contributed by atoms with Crippen LogP contribution in [0.1, 0.15) is 31.2 Å². The minimum Gasteiger partial charge on any atom is -0.396 e. The van der Waals surface area contributed by atoms with Crippen LogP contribution in [-0.4, -0.2) is 81.4 Å². The molecule has 47 heavy (non-hydrogen) atoms. The highest BCUT2D eigenvalue weighted by molar-refractivity contribution is 9.09. The number of alkyl halides is 1. The van der Waals surface area contributed by atoms with Gasteiger partial charge in [-0.15, -0.1) is 13.2 Å². The molecule has 3 aliphatic heterocycles. The van der Waals surface area contributed by atoms with Crippen molar-refractivity contribution in [1.82, 2.24) is 9.80 Å². The summed E-state index contributed by atoms with van der Waals surface area (Å²) < 4.78 is 6.81. The van der Waals surface area contributed by atoms with Crippen LogP contribution in [-0.2, 0) is 25.7 Å². The Bertz CT molecular complexity index is 1650. The van der Waals surface area contributed by atoms with Crippen LogP contribution in [0.5, 0.6) is 0 Å². The Morgan fingerprint density at radius 1 is 0.957 bits per heavy atom. The molecule has 3 aromatic carbocycles. The van der Waals surface area contributed by atoms with Gasteiger partial charge in [-0.25, -0.2) is 0 Å². The molecule has 3 aliphatic rings. The lowest BCUT2D eigenvalue weighted by molar-refractivity contribution is -0.145. The SMILES string of the molecule is C=CCN(Cc1ccccc1)C(=O)[C@H]1[C@@H]2OC3(CC2Br)C(C(=O)N(CC=C)c2ccc4ccccc4c2)N(CCCCCO)C(=O)[C@H]13. The third kappa shape index (κ3) is 6.05. The van der Waals surface area contributed by atoms with Crippen LogP contribution in [0.3, 0.4) is 0 Å².